The Kier molecular flexibility index (Phi) is 2.76. The maximum atomic E-state index is 4.61. The van der Waals surface area contributed by atoms with E-state index < -0.39 is 0 Å². The first-order chi connectivity index (χ1) is 8.83. The lowest BCUT2D eigenvalue weighted by atomic mass is 10.1. The largest absolute Gasteiger partial charge is 0.259 e. The van der Waals surface area contributed by atoms with Crippen LogP contribution in [-0.4, -0.2) is 22.2 Å². The maximum Gasteiger partial charge on any atom is 0.167 e. The summed E-state index contributed by atoms with van der Waals surface area (Å²) in [7, 11) is 0. The Morgan fingerprint density at radius 3 is 2.67 bits per heavy atom. The number of nitrogens with zero attached hydrogens (tertiary/aromatic N) is 4. The SMILES string of the molecule is Cc1ccc(C2=NN(c3cnccn3)CC2)cc1. The second-order valence-corrected chi connectivity index (χ2v) is 4.35. The number of aryl methyl sites for hydroxylation is 1. The first kappa shape index (κ1) is 10.9. The van der Waals surface area contributed by atoms with Crippen LogP contribution in [0.4, 0.5) is 5.82 Å². The molecule has 0 aliphatic carbocycles. The molecule has 2 heterocycles. The van der Waals surface area contributed by atoms with Gasteiger partial charge in [-0.1, -0.05) is 29.8 Å². The van der Waals surface area contributed by atoms with Gasteiger partial charge in [0.05, 0.1) is 11.9 Å². The number of aromatic nitrogens is 2. The van der Waals surface area contributed by atoms with E-state index in [2.05, 4.69) is 46.3 Å². The van der Waals surface area contributed by atoms with Crippen LogP contribution in [0.5, 0.6) is 0 Å². The molecule has 0 spiro atoms. The third-order valence-electron chi connectivity index (χ3n) is 3.00. The van der Waals surface area contributed by atoms with Gasteiger partial charge in [-0.3, -0.25) is 4.98 Å². The van der Waals surface area contributed by atoms with E-state index in [0.717, 1.165) is 24.5 Å². The molecule has 0 bridgehead atoms. The van der Waals surface area contributed by atoms with Crippen molar-refractivity contribution in [2.45, 2.75) is 13.3 Å². The van der Waals surface area contributed by atoms with Crippen LogP contribution >= 0.6 is 0 Å². The average Bonchev–Trinajstić information content (AvgIpc) is 2.90. The number of anilines is 1. The highest BCUT2D eigenvalue weighted by Gasteiger charge is 2.17. The van der Waals surface area contributed by atoms with Gasteiger partial charge in [0.1, 0.15) is 0 Å². The smallest absolute Gasteiger partial charge is 0.167 e. The molecule has 0 saturated carbocycles. The zero-order valence-corrected chi connectivity index (χ0v) is 10.2. The van der Waals surface area contributed by atoms with Crippen molar-refractivity contribution in [2.24, 2.45) is 5.10 Å². The fraction of sp³-hybridized carbons (Fsp3) is 0.214. The van der Waals surface area contributed by atoms with Gasteiger partial charge in [0, 0.05) is 25.4 Å². The summed E-state index contributed by atoms with van der Waals surface area (Å²) in [5.74, 6) is 0.805. The molecule has 0 fully saturated rings. The molecule has 18 heavy (non-hydrogen) atoms. The number of rotatable bonds is 2. The highest BCUT2D eigenvalue weighted by Crippen LogP contribution is 2.18. The minimum Gasteiger partial charge on any atom is -0.259 e. The van der Waals surface area contributed by atoms with Gasteiger partial charge in [0.15, 0.2) is 5.82 Å². The number of benzene rings is 1. The van der Waals surface area contributed by atoms with E-state index >= 15 is 0 Å². The average molecular weight is 238 g/mol. The molecule has 0 saturated heterocycles. The Morgan fingerprint density at radius 2 is 1.94 bits per heavy atom. The summed E-state index contributed by atoms with van der Waals surface area (Å²) in [6.45, 7) is 2.95. The molecule has 1 aromatic carbocycles. The van der Waals surface area contributed by atoms with Crippen molar-refractivity contribution in [3.05, 3.63) is 54.0 Å². The normalized spacial score (nSPS) is 14.7. The monoisotopic (exact) mass is 238 g/mol. The Balaban J connectivity index is 1.86. The van der Waals surface area contributed by atoms with Crippen molar-refractivity contribution in [3.63, 3.8) is 0 Å². The number of hydrazone groups is 1. The topological polar surface area (TPSA) is 41.4 Å². The van der Waals surface area contributed by atoms with E-state index in [1.807, 2.05) is 5.01 Å². The van der Waals surface area contributed by atoms with Crippen LogP contribution in [0.25, 0.3) is 0 Å². The Hall–Kier alpha value is -2.23. The van der Waals surface area contributed by atoms with Crippen molar-refractivity contribution >= 4 is 11.5 Å². The lowest BCUT2D eigenvalue weighted by Gasteiger charge is -2.10. The Bertz CT molecular complexity index is 560. The minimum absolute atomic E-state index is 0.805. The molecule has 4 nitrogen and oxygen atoms in total. The first-order valence-electron chi connectivity index (χ1n) is 6.01. The lowest BCUT2D eigenvalue weighted by Crippen LogP contribution is -2.13. The summed E-state index contributed by atoms with van der Waals surface area (Å²) in [6, 6.07) is 8.47. The van der Waals surface area contributed by atoms with Crippen molar-refractivity contribution in [1.82, 2.24) is 9.97 Å². The van der Waals surface area contributed by atoms with E-state index in [0.29, 0.717) is 0 Å². The van der Waals surface area contributed by atoms with E-state index in [9.17, 15) is 0 Å². The van der Waals surface area contributed by atoms with Crippen LogP contribution < -0.4 is 5.01 Å². The first-order valence-corrected chi connectivity index (χ1v) is 6.01. The van der Waals surface area contributed by atoms with E-state index in [1.165, 1.54) is 11.1 Å². The van der Waals surface area contributed by atoms with Gasteiger partial charge in [0.2, 0.25) is 0 Å². The highest BCUT2D eigenvalue weighted by molar-refractivity contribution is 6.02. The number of hydrogen-bond acceptors (Lipinski definition) is 4. The number of hydrogen-bond donors (Lipinski definition) is 0. The third-order valence-corrected chi connectivity index (χ3v) is 3.00. The molecule has 0 unspecified atom stereocenters. The van der Waals surface area contributed by atoms with Crippen molar-refractivity contribution in [2.75, 3.05) is 11.6 Å². The molecule has 3 rings (SSSR count). The van der Waals surface area contributed by atoms with Crippen LogP contribution in [0.15, 0.2) is 48.0 Å². The Morgan fingerprint density at radius 1 is 1.11 bits per heavy atom. The zero-order valence-electron chi connectivity index (χ0n) is 10.2. The van der Waals surface area contributed by atoms with Gasteiger partial charge < -0.3 is 0 Å². The molecule has 0 radical (unpaired) electrons. The molecule has 1 aliphatic heterocycles. The van der Waals surface area contributed by atoms with E-state index in [1.54, 1.807) is 18.6 Å². The molecule has 1 aliphatic rings. The molecule has 2 aromatic rings. The van der Waals surface area contributed by atoms with Crippen LogP contribution in [0.2, 0.25) is 0 Å². The molecular formula is C14H14N4. The summed E-state index contributed by atoms with van der Waals surface area (Å²) in [5, 5.41) is 6.51. The van der Waals surface area contributed by atoms with E-state index in [4.69, 9.17) is 0 Å². The predicted octanol–water partition coefficient (Wildman–Crippen LogP) is 2.40. The predicted molar refractivity (Wildman–Crippen MR) is 71.7 cm³/mol. The summed E-state index contributed by atoms with van der Waals surface area (Å²) < 4.78 is 0. The van der Waals surface area contributed by atoms with Crippen molar-refractivity contribution in [3.8, 4) is 0 Å². The van der Waals surface area contributed by atoms with Gasteiger partial charge >= 0.3 is 0 Å². The Labute approximate surface area is 106 Å². The standard InChI is InChI=1S/C14H14N4/c1-11-2-4-12(5-3-11)13-6-9-18(17-13)14-10-15-7-8-16-14/h2-5,7-8,10H,6,9H2,1H3. The van der Waals surface area contributed by atoms with Crippen LogP contribution in [0.3, 0.4) is 0 Å². The lowest BCUT2D eigenvalue weighted by molar-refractivity contribution is 0.888. The molecular weight excluding hydrogens is 224 g/mol. The zero-order chi connectivity index (χ0) is 12.4. The van der Waals surface area contributed by atoms with Gasteiger partial charge in [-0.2, -0.15) is 5.10 Å². The quantitative estimate of drug-likeness (QED) is 0.806. The van der Waals surface area contributed by atoms with Gasteiger partial charge in [-0.15, -0.1) is 0 Å². The third kappa shape index (κ3) is 2.09. The van der Waals surface area contributed by atoms with Crippen LogP contribution in [-0.2, 0) is 0 Å². The fourth-order valence-electron chi connectivity index (χ4n) is 2.00. The van der Waals surface area contributed by atoms with Crippen LogP contribution in [0, 0.1) is 6.92 Å². The van der Waals surface area contributed by atoms with Gasteiger partial charge in [0.25, 0.3) is 0 Å². The molecule has 90 valence electrons. The minimum atomic E-state index is 0.805. The highest BCUT2D eigenvalue weighted by atomic mass is 15.5. The second kappa shape index (κ2) is 4.56. The molecule has 0 atom stereocenters. The summed E-state index contributed by atoms with van der Waals surface area (Å²) in [5.41, 5.74) is 3.57. The van der Waals surface area contributed by atoms with Gasteiger partial charge in [-0.05, 0) is 12.5 Å². The van der Waals surface area contributed by atoms with Crippen molar-refractivity contribution < 1.29 is 0 Å². The molecule has 0 amide bonds. The van der Waals surface area contributed by atoms with Crippen molar-refractivity contribution in [1.29, 1.82) is 0 Å². The second-order valence-electron chi connectivity index (χ2n) is 4.35. The maximum absolute atomic E-state index is 4.61. The summed E-state index contributed by atoms with van der Waals surface area (Å²) >= 11 is 0. The fourth-order valence-corrected chi connectivity index (χ4v) is 2.00. The molecule has 4 heteroatoms. The molecule has 0 N–H and O–H groups in total. The van der Waals surface area contributed by atoms with Gasteiger partial charge in [-0.25, -0.2) is 9.99 Å². The summed E-state index contributed by atoms with van der Waals surface area (Å²) in [6.07, 6.45) is 6.04. The van der Waals surface area contributed by atoms with E-state index in [-0.39, 0.29) is 0 Å². The van der Waals surface area contributed by atoms with Crippen LogP contribution in [0.1, 0.15) is 17.5 Å². The summed E-state index contributed by atoms with van der Waals surface area (Å²) in [4.78, 5) is 8.32. The molecule has 1 aromatic heterocycles.